The van der Waals surface area contributed by atoms with Crippen LogP contribution in [0.25, 0.3) is 10.9 Å². The number of benzene rings is 2. The van der Waals surface area contributed by atoms with Crippen LogP contribution >= 0.6 is 0 Å². The lowest BCUT2D eigenvalue weighted by Gasteiger charge is -2.35. The lowest BCUT2D eigenvalue weighted by atomic mass is 10.0. The Bertz CT molecular complexity index is 1290. The molecular formula is C28H39N3O5Si. The number of fused-ring (bicyclic) bond motifs is 1. The van der Waals surface area contributed by atoms with Crippen molar-refractivity contribution < 1.29 is 19.1 Å². The van der Waals surface area contributed by atoms with Gasteiger partial charge in [-0.3, -0.25) is 4.79 Å². The molecule has 2 aromatic carbocycles. The molecule has 8 nitrogen and oxygen atoms in total. The highest BCUT2D eigenvalue weighted by Gasteiger charge is 2.31. The maximum Gasteiger partial charge on any atom is 0.410 e. The number of ether oxygens (including phenoxy) is 1. The van der Waals surface area contributed by atoms with E-state index < -0.39 is 26.8 Å². The van der Waals surface area contributed by atoms with Gasteiger partial charge in [-0.2, -0.15) is 0 Å². The Morgan fingerprint density at radius 2 is 1.70 bits per heavy atom. The average molecular weight is 526 g/mol. The number of aromatic amines is 1. The van der Waals surface area contributed by atoms with E-state index in [1.54, 1.807) is 35.2 Å². The Morgan fingerprint density at radius 1 is 1.05 bits per heavy atom. The molecule has 3 rings (SSSR count). The van der Waals surface area contributed by atoms with Gasteiger partial charge in [-0.05, 0) is 67.7 Å². The highest BCUT2D eigenvalue weighted by atomic mass is 28.3. The topological polar surface area (TPSA) is 118 Å². The maximum atomic E-state index is 13.4. The van der Waals surface area contributed by atoms with Crippen LogP contribution in [0.2, 0.25) is 11.6 Å². The molecule has 0 spiro atoms. The number of nitrogens with two attached hydrogens (primary N) is 1. The number of pyridine rings is 1. The van der Waals surface area contributed by atoms with Gasteiger partial charge in [-0.1, -0.05) is 39.0 Å². The quantitative estimate of drug-likeness (QED) is 0.278. The molecule has 0 aliphatic heterocycles. The summed E-state index contributed by atoms with van der Waals surface area (Å²) in [5.41, 5.74) is 7.53. The summed E-state index contributed by atoms with van der Waals surface area (Å²) < 4.78 is 12.5. The molecule has 1 unspecified atom stereocenters. The third-order valence-electron chi connectivity index (χ3n) is 6.23. The standard InChI is InChI=1S/C28H39N3O5Si/c1-27(2,3)35-26(34)31(16-18-8-10-19(29)11-9-18)17-23(36-37(7)28(4,5)6)20-12-14-22(32)25-21(20)13-15-24(33)30-25/h8-15,23,32,37H,16-17,29H2,1-7H3,(H,30,33)/t23-,37?/m0/s1. The Labute approximate surface area is 220 Å². The zero-order valence-electron chi connectivity index (χ0n) is 22.8. The molecule has 0 saturated heterocycles. The summed E-state index contributed by atoms with van der Waals surface area (Å²) in [6.45, 7) is 14.6. The molecule has 37 heavy (non-hydrogen) atoms. The number of H-pyrrole nitrogens is 1. The van der Waals surface area contributed by atoms with Gasteiger partial charge in [0.2, 0.25) is 5.56 Å². The fourth-order valence-corrected chi connectivity index (χ4v) is 4.91. The van der Waals surface area contributed by atoms with E-state index in [2.05, 4.69) is 32.3 Å². The first-order chi connectivity index (χ1) is 17.1. The number of nitrogens with zero attached hydrogens (tertiary/aromatic N) is 1. The van der Waals surface area contributed by atoms with Crippen LogP contribution in [0.3, 0.4) is 0 Å². The summed E-state index contributed by atoms with van der Waals surface area (Å²) in [6.07, 6.45) is -0.976. The smallest absolute Gasteiger partial charge is 0.410 e. The molecule has 0 aliphatic rings. The summed E-state index contributed by atoms with van der Waals surface area (Å²) in [6, 6.07) is 13.8. The van der Waals surface area contributed by atoms with E-state index in [0.29, 0.717) is 23.1 Å². The molecule has 9 heteroatoms. The van der Waals surface area contributed by atoms with E-state index in [-0.39, 0.29) is 22.9 Å². The van der Waals surface area contributed by atoms with Crippen molar-refractivity contribution in [1.29, 1.82) is 0 Å². The van der Waals surface area contributed by atoms with Crippen molar-refractivity contribution in [3.8, 4) is 5.75 Å². The van der Waals surface area contributed by atoms with Crippen molar-refractivity contribution in [2.24, 2.45) is 0 Å². The Balaban J connectivity index is 2.08. The number of hydrogen-bond donors (Lipinski definition) is 3. The van der Waals surface area contributed by atoms with Gasteiger partial charge >= 0.3 is 6.09 Å². The Morgan fingerprint density at radius 3 is 2.30 bits per heavy atom. The van der Waals surface area contributed by atoms with Gasteiger partial charge in [-0.25, -0.2) is 4.79 Å². The number of anilines is 1. The number of carbonyl (C=O) groups is 1. The predicted molar refractivity (Wildman–Crippen MR) is 150 cm³/mol. The van der Waals surface area contributed by atoms with Gasteiger partial charge in [0.15, 0.2) is 9.04 Å². The van der Waals surface area contributed by atoms with Crippen molar-refractivity contribution in [3.63, 3.8) is 0 Å². The second-order valence-corrected chi connectivity index (χ2v) is 14.8. The zero-order valence-corrected chi connectivity index (χ0v) is 23.9. The molecule has 0 radical (unpaired) electrons. The number of amides is 1. The lowest BCUT2D eigenvalue weighted by molar-refractivity contribution is 0.0144. The number of aromatic hydroxyl groups is 1. The molecule has 0 saturated carbocycles. The minimum Gasteiger partial charge on any atom is -0.506 e. The first-order valence-corrected chi connectivity index (χ1v) is 14.7. The van der Waals surface area contributed by atoms with Gasteiger partial charge in [0.25, 0.3) is 0 Å². The van der Waals surface area contributed by atoms with Gasteiger partial charge in [0.1, 0.15) is 11.4 Å². The van der Waals surface area contributed by atoms with E-state index >= 15 is 0 Å². The highest BCUT2D eigenvalue weighted by Crippen LogP contribution is 2.36. The van der Waals surface area contributed by atoms with Crippen LogP contribution in [0, 0.1) is 0 Å². The SMILES string of the molecule is C[SiH](O[C@@H](CN(Cc1ccc(N)cc1)C(=O)OC(C)(C)C)c1ccc(O)c2[nH]c(=O)ccc12)C(C)(C)C. The molecular weight excluding hydrogens is 486 g/mol. The first-order valence-electron chi connectivity index (χ1n) is 12.5. The van der Waals surface area contributed by atoms with E-state index in [1.807, 2.05) is 32.9 Å². The Kier molecular flexibility index (Phi) is 8.39. The fraction of sp³-hybridized carbons (Fsp3) is 0.429. The zero-order chi connectivity index (χ0) is 27.5. The van der Waals surface area contributed by atoms with E-state index in [4.69, 9.17) is 14.9 Å². The number of rotatable bonds is 7. The minimum absolute atomic E-state index is 0.0258. The van der Waals surface area contributed by atoms with Crippen LogP contribution in [-0.4, -0.2) is 42.3 Å². The predicted octanol–water partition coefficient (Wildman–Crippen LogP) is 5.46. The molecule has 0 aliphatic carbocycles. The van der Waals surface area contributed by atoms with E-state index in [1.165, 1.54) is 6.07 Å². The van der Waals surface area contributed by atoms with Crippen LogP contribution in [0.15, 0.2) is 53.3 Å². The van der Waals surface area contributed by atoms with Crippen LogP contribution in [0.1, 0.15) is 58.8 Å². The summed E-state index contributed by atoms with van der Waals surface area (Å²) in [4.78, 5) is 29.7. The Hall–Kier alpha value is -3.30. The van der Waals surface area contributed by atoms with Crippen molar-refractivity contribution in [3.05, 3.63) is 70.0 Å². The fourth-order valence-electron chi connectivity index (χ4n) is 3.78. The maximum absolute atomic E-state index is 13.4. The molecule has 4 N–H and O–H groups in total. The average Bonchev–Trinajstić information content (AvgIpc) is 2.78. The lowest BCUT2D eigenvalue weighted by Crippen LogP contribution is -2.40. The second-order valence-electron chi connectivity index (χ2n) is 11.5. The third-order valence-corrected chi connectivity index (χ3v) is 9.41. The number of hydrogen-bond acceptors (Lipinski definition) is 6. The molecule has 3 aromatic rings. The highest BCUT2D eigenvalue weighted by molar-refractivity contribution is 6.53. The van der Waals surface area contributed by atoms with E-state index in [9.17, 15) is 14.7 Å². The number of nitrogen functional groups attached to an aromatic ring is 1. The minimum atomic E-state index is -1.77. The molecule has 1 heterocycles. The molecule has 0 bridgehead atoms. The van der Waals surface area contributed by atoms with E-state index in [0.717, 1.165) is 11.1 Å². The van der Waals surface area contributed by atoms with Gasteiger partial charge < -0.3 is 29.9 Å². The number of aromatic nitrogens is 1. The summed E-state index contributed by atoms with van der Waals surface area (Å²) in [7, 11) is -1.77. The monoisotopic (exact) mass is 525 g/mol. The molecule has 200 valence electrons. The van der Waals surface area contributed by atoms with Gasteiger partial charge in [0, 0.05) is 23.7 Å². The van der Waals surface area contributed by atoms with Crippen LogP contribution < -0.4 is 11.3 Å². The molecule has 2 atom stereocenters. The van der Waals surface area contributed by atoms with Crippen LogP contribution in [-0.2, 0) is 15.7 Å². The van der Waals surface area contributed by atoms with Crippen molar-refractivity contribution >= 4 is 31.7 Å². The number of phenols is 1. The summed E-state index contributed by atoms with van der Waals surface area (Å²) in [5.74, 6) is -0.0258. The van der Waals surface area contributed by atoms with Gasteiger partial charge in [0.05, 0.1) is 18.2 Å². The van der Waals surface area contributed by atoms with Crippen LogP contribution in [0.5, 0.6) is 5.75 Å². The molecule has 0 fully saturated rings. The number of phenolic OH excluding ortho intramolecular Hbond substituents is 1. The largest absolute Gasteiger partial charge is 0.506 e. The van der Waals surface area contributed by atoms with Gasteiger partial charge in [-0.15, -0.1) is 0 Å². The van der Waals surface area contributed by atoms with Crippen LogP contribution in [0.4, 0.5) is 10.5 Å². The summed E-state index contributed by atoms with van der Waals surface area (Å²) in [5, 5.41) is 11.1. The normalized spacial score (nSPS) is 13.8. The molecule has 1 aromatic heterocycles. The summed E-state index contributed by atoms with van der Waals surface area (Å²) >= 11 is 0. The van der Waals surface area contributed by atoms with Crippen molar-refractivity contribution in [1.82, 2.24) is 9.88 Å². The second kappa shape index (κ2) is 11.0. The van der Waals surface area contributed by atoms with Crippen molar-refractivity contribution in [2.45, 2.75) is 71.4 Å². The number of carbonyl (C=O) groups excluding carboxylic acids is 1. The first kappa shape index (κ1) is 28.3. The third kappa shape index (κ3) is 7.59. The number of nitrogens with one attached hydrogen (secondary N) is 1. The van der Waals surface area contributed by atoms with Crippen molar-refractivity contribution in [2.75, 3.05) is 12.3 Å². The molecule has 1 amide bonds.